The smallest absolute Gasteiger partial charge is 0.290 e. The topological polar surface area (TPSA) is 106 Å². The van der Waals surface area contributed by atoms with E-state index in [-0.39, 0.29) is 22.8 Å². The van der Waals surface area contributed by atoms with E-state index in [0.717, 1.165) is 6.07 Å². The summed E-state index contributed by atoms with van der Waals surface area (Å²) in [6.07, 6.45) is 0. The largest absolute Gasteiger partial charge is 0.363 e. The fraction of sp³-hybridized carbons (Fsp3) is 0. The lowest BCUT2D eigenvalue weighted by Crippen LogP contribution is -2.12. The first-order valence-electron chi connectivity index (χ1n) is 4.46. The number of halogens is 1. The van der Waals surface area contributed by atoms with Crippen molar-refractivity contribution in [2.75, 3.05) is 0 Å². The number of carbonyl (C=O) groups is 1. The van der Waals surface area contributed by atoms with Crippen molar-refractivity contribution >= 4 is 5.91 Å². The standard InChI is InChI=1S/C10H5FN4O2/c11-7-3-1-2-5(6(7)4-12)10-14-9(8(13)16)15-17-10/h1-3H,(H2,13,16). The minimum atomic E-state index is -0.866. The first-order chi connectivity index (χ1) is 8.13. The summed E-state index contributed by atoms with van der Waals surface area (Å²) in [7, 11) is 0. The van der Waals surface area contributed by atoms with E-state index in [1.165, 1.54) is 12.1 Å². The van der Waals surface area contributed by atoms with E-state index in [2.05, 4.69) is 10.1 Å². The molecule has 2 N–H and O–H groups in total. The number of carbonyl (C=O) groups excluding carboxylic acids is 1. The van der Waals surface area contributed by atoms with Crippen LogP contribution in [0.4, 0.5) is 4.39 Å². The minimum Gasteiger partial charge on any atom is -0.363 e. The molecule has 1 aromatic heterocycles. The van der Waals surface area contributed by atoms with E-state index >= 15 is 0 Å². The number of amides is 1. The number of benzene rings is 1. The molecular weight excluding hydrogens is 227 g/mol. The van der Waals surface area contributed by atoms with Crippen LogP contribution < -0.4 is 5.73 Å². The normalized spacial score (nSPS) is 9.88. The Morgan fingerprint density at radius 3 is 2.88 bits per heavy atom. The Hall–Kier alpha value is -2.75. The van der Waals surface area contributed by atoms with Gasteiger partial charge in [0.05, 0.1) is 5.56 Å². The van der Waals surface area contributed by atoms with Crippen molar-refractivity contribution in [2.45, 2.75) is 0 Å². The maximum Gasteiger partial charge on any atom is 0.290 e. The first-order valence-corrected chi connectivity index (χ1v) is 4.46. The molecule has 0 aliphatic rings. The Labute approximate surface area is 94.5 Å². The van der Waals surface area contributed by atoms with Gasteiger partial charge in [0.15, 0.2) is 0 Å². The van der Waals surface area contributed by atoms with Crippen molar-refractivity contribution in [1.29, 1.82) is 5.26 Å². The van der Waals surface area contributed by atoms with Gasteiger partial charge in [0.25, 0.3) is 17.6 Å². The molecule has 84 valence electrons. The molecule has 17 heavy (non-hydrogen) atoms. The Kier molecular flexibility index (Phi) is 2.54. The molecule has 0 aliphatic carbocycles. The fourth-order valence-electron chi connectivity index (χ4n) is 1.25. The minimum absolute atomic E-state index is 0.118. The lowest BCUT2D eigenvalue weighted by molar-refractivity contribution is 0.0987. The molecule has 2 rings (SSSR count). The van der Waals surface area contributed by atoms with Crippen LogP contribution in [0.15, 0.2) is 22.7 Å². The molecule has 0 spiro atoms. The average Bonchev–Trinajstić information content (AvgIpc) is 2.77. The summed E-state index contributed by atoms with van der Waals surface area (Å²) in [6.45, 7) is 0. The second-order valence-corrected chi connectivity index (χ2v) is 3.06. The molecule has 0 saturated heterocycles. The van der Waals surface area contributed by atoms with E-state index in [1.807, 2.05) is 0 Å². The van der Waals surface area contributed by atoms with Gasteiger partial charge in [0.2, 0.25) is 0 Å². The van der Waals surface area contributed by atoms with Crippen molar-refractivity contribution in [3.05, 3.63) is 35.4 Å². The van der Waals surface area contributed by atoms with Crippen LogP contribution in [0.5, 0.6) is 0 Å². The molecular formula is C10H5FN4O2. The number of nitriles is 1. The molecule has 1 aromatic carbocycles. The van der Waals surface area contributed by atoms with Gasteiger partial charge >= 0.3 is 0 Å². The zero-order chi connectivity index (χ0) is 12.4. The number of rotatable bonds is 2. The molecule has 1 amide bonds. The van der Waals surface area contributed by atoms with Crippen LogP contribution >= 0.6 is 0 Å². The monoisotopic (exact) mass is 232 g/mol. The Morgan fingerprint density at radius 1 is 1.53 bits per heavy atom. The number of primary amides is 1. The van der Waals surface area contributed by atoms with Gasteiger partial charge in [-0.15, -0.1) is 0 Å². The third kappa shape index (κ3) is 1.83. The van der Waals surface area contributed by atoms with E-state index in [0.29, 0.717) is 0 Å². The van der Waals surface area contributed by atoms with E-state index in [9.17, 15) is 9.18 Å². The lowest BCUT2D eigenvalue weighted by Gasteiger charge is -1.98. The Bertz CT molecular complexity index is 629. The van der Waals surface area contributed by atoms with Gasteiger partial charge in [-0.2, -0.15) is 10.2 Å². The van der Waals surface area contributed by atoms with Gasteiger partial charge in [0.1, 0.15) is 17.4 Å². The number of nitrogens with zero attached hydrogens (tertiary/aromatic N) is 3. The number of aromatic nitrogens is 2. The maximum absolute atomic E-state index is 13.3. The zero-order valence-corrected chi connectivity index (χ0v) is 8.35. The summed E-state index contributed by atoms with van der Waals surface area (Å²) in [5.74, 6) is -2.03. The van der Waals surface area contributed by atoms with Crippen molar-refractivity contribution in [2.24, 2.45) is 5.73 Å². The summed E-state index contributed by atoms with van der Waals surface area (Å²) in [4.78, 5) is 14.4. The summed E-state index contributed by atoms with van der Waals surface area (Å²) in [5, 5.41) is 12.1. The predicted molar refractivity (Wildman–Crippen MR) is 52.9 cm³/mol. The highest BCUT2D eigenvalue weighted by Gasteiger charge is 2.17. The summed E-state index contributed by atoms with van der Waals surface area (Å²) < 4.78 is 18.0. The molecule has 0 atom stereocenters. The van der Waals surface area contributed by atoms with Crippen LogP contribution in [0.3, 0.4) is 0 Å². The lowest BCUT2D eigenvalue weighted by atomic mass is 10.1. The first kappa shape index (κ1) is 10.8. The third-order valence-corrected chi connectivity index (χ3v) is 2.00. The van der Waals surface area contributed by atoms with E-state index in [1.54, 1.807) is 6.07 Å². The SMILES string of the molecule is N#Cc1c(F)cccc1-c1nc(C(N)=O)no1. The highest BCUT2D eigenvalue weighted by Crippen LogP contribution is 2.23. The molecule has 7 heteroatoms. The summed E-state index contributed by atoms with van der Waals surface area (Å²) in [5.41, 5.74) is 4.83. The van der Waals surface area contributed by atoms with Crippen LogP contribution in [-0.2, 0) is 0 Å². The molecule has 0 bridgehead atoms. The highest BCUT2D eigenvalue weighted by atomic mass is 19.1. The van der Waals surface area contributed by atoms with Crippen molar-refractivity contribution in [3.8, 4) is 17.5 Å². The molecule has 0 unspecified atom stereocenters. The van der Waals surface area contributed by atoms with E-state index < -0.39 is 11.7 Å². The molecule has 1 heterocycles. The molecule has 0 aliphatic heterocycles. The van der Waals surface area contributed by atoms with Crippen LogP contribution in [0, 0.1) is 17.1 Å². The summed E-state index contributed by atoms with van der Waals surface area (Å²) in [6, 6.07) is 5.63. The fourth-order valence-corrected chi connectivity index (χ4v) is 1.25. The van der Waals surface area contributed by atoms with Crippen LogP contribution in [0.25, 0.3) is 11.5 Å². The van der Waals surface area contributed by atoms with Crippen molar-refractivity contribution < 1.29 is 13.7 Å². The number of hydrogen-bond acceptors (Lipinski definition) is 5. The van der Waals surface area contributed by atoms with Gasteiger partial charge in [-0.3, -0.25) is 4.79 Å². The Morgan fingerprint density at radius 2 is 2.29 bits per heavy atom. The maximum atomic E-state index is 13.3. The molecule has 0 radical (unpaired) electrons. The van der Waals surface area contributed by atoms with Crippen LogP contribution in [0.1, 0.15) is 16.2 Å². The Balaban J connectivity index is 2.57. The predicted octanol–water partition coefficient (Wildman–Crippen LogP) is 0.846. The second kappa shape index (κ2) is 4.02. The molecule has 2 aromatic rings. The molecule has 6 nitrogen and oxygen atoms in total. The average molecular weight is 232 g/mol. The highest BCUT2D eigenvalue weighted by molar-refractivity contribution is 5.89. The number of nitrogens with two attached hydrogens (primary N) is 1. The van der Waals surface area contributed by atoms with Gasteiger partial charge in [-0.05, 0) is 12.1 Å². The van der Waals surface area contributed by atoms with E-state index in [4.69, 9.17) is 15.5 Å². The quantitative estimate of drug-likeness (QED) is 0.825. The zero-order valence-electron chi connectivity index (χ0n) is 8.35. The van der Waals surface area contributed by atoms with Gasteiger partial charge in [-0.25, -0.2) is 4.39 Å². The molecule has 0 saturated carbocycles. The van der Waals surface area contributed by atoms with Crippen LogP contribution in [0.2, 0.25) is 0 Å². The van der Waals surface area contributed by atoms with Gasteiger partial charge in [-0.1, -0.05) is 11.2 Å². The van der Waals surface area contributed by atoms with Crippen LogP contribution in [-0.4, -0.2) is 16.0 Å². The third-order valence-electron chi connectivity index (χ3n) is 2.00. The van der Waals surface area contributed by atoms with Crippen molar-refractivity contribution in [3.63, 3.8) is 0 Å². The molecule has 0 fully saturated rings. The number of hydrogen-bond donors (Lipinski definition) is 1. The summed E-state index contributed by atoms with van der Waals surface area (Å²) >= 11 is 0. The van der Waals surface area contributed by atoms with Gasteiger partial charge < -0.3 is 10.3 Å². The van der Waals surface area contributed by atoms with Gasteiger partial charge in [0, 0.05) is 0 Å². The van der Waals surface area contributed by atoms with Crippen molar-refractivity contribution in [1.82, 2.24) is 10.1 Å². The second-order valence-electron chi connectivity index (χ2n) is 3.06.